The molecule has 0 saturated carbocycles. The molecule has 0 aliphatic carbocycles. The maximum atomic E-state index is 12.2. The van der Waals surface area contributed by atoms with E-state index in [1.165, 1.54) is 29.1 Å². The molecule has 0 unspecified atom stereocenters. The van der Waals surface area contributed by atoms with E-state index < -0.39 is 15.8 Å². The minimum atomic E-state index is -3.74. The number of fused-ring (bicyclic) bond motifs is 1. The van der Waals surface area contributed by atoms with Gasteiger partial charge in [-0.2, -0.15) is 5.10 Å². The number of sulfonamides is 1. The van der Waals surface area contributed by atoms with Gasteiger partial charge in [0.1, 0.15) is 12.2 Å². The molecule has 21 heavy (non-hydrogen) atoms. The SMILES string of the molecule is Cn1c(=O)oc2cc(S(=O)(=O)NCc3ncn[nH]3)ccc21. The van der Waals surface area contributed by atoms with Crippen molar-refractivity contribution in [2.24, 2.45) is 7.05 Å². The van der Waals surface area contributed by atoms with Crippen LogP contribution in [-0.4, -0.2) is 28.2 Å². The van der Waals surface area contributed by atoms with Crippen molar-refractivity contribution < 1.29 is 12.8 Å². The van der Waals surface area contributed by atoms with Crippen molar-refractivity contribution in [2.75, 3.05) is 0 Å². The molecule has 9 nitrogen and oxygen atoms in total. The minimum Gasteiger partial charge on any atom is -0.408 e. The van der Waals surface area contributed by atoms with E-state index in [2.05, 4.69) is 19.9 Å². The van der Waals surface area contributed by atoms with Gasteiger partial charge in [0.2, 0.25) is 10.0 Å². The normalized spacial score (nSPS) is 12.0. The minimum absolute atomic E-state index is 0.00358. The molecule has 0 amide bonds. The van der Waals surface area contributed by atoms with Crippen molar-refractivity contribution in [1.82, 2.24) is 24.5 Å². The van der Waals surface area contributed by atoms with E-state index in [0.29, 0.717) is 11.3 Å². The highest BCUT2D eigenvalue weighted by atomic mass is 32.2. The van der Waals surface area contributed by atoms with E-state index in [9.17, 15) is 13.2 Å². The van der Waals surface area contributed by atoms with Gasteiger partial charge in [-0.1, -0.05) is 0 Å². The van der Waals surface area contributed by atoms with E-state index in [1.807, 2.05) is 0 Å². The molecule has 2 heterocycles. The number of aryl methyl sites for hydroxylation is 1. The smallest absolute Gasteiger partial charge is 0.408 e. The highest BCUT2D eigenvalue weighted by Gasteiger charge is 2.17. The molecule has 3 aromatic rings. The number of oxazole rings is 1. The summed E-state index contributed by atoms with van der Waals surface area (Å²) in [6.07, 6.45) is 1.29. The Balaban J connectivity index is 1.93. The van der Waals surface area contributed by atoms with Crippen LogP contribution < -0.4 is 10.5 Å². The van der Waals surface area contributed by atoms with Gasteiger partial charge < -0.3 is 4.42 Å². The molecule has 0 spiro atoms. The van der Waals surface area contributed by atoms with E-state index >= 15 is 0 Å². The standard InChI is InChI=1S/C11H11N5O4S/c1-16-8-3-2-7(4-9(8)20-11(16)17)21(18,19)14-5-10-12-6-13-15-10/h2-4,6,14H,5H2,1H3,(H,12,13,15). The highest BCUT2D eigenvalue weighted by Crippen LogP contribution is 2.17. The Bertz CT molecular complexity index is 939. The number of rotatable bonds is 4. The lowest BCUT2D eigenvalue weighted by Gasteiger charge is -2.05. The van der Waals surface area contributed by atoms with Gasteiger partial charge in [-0.05, 0) is 12.1 Å². The van der Waals surface area contributed by atoms with Gasteiger partial charge in [0.25, 0.3) is 0 Å². The number of hydrogen-bond acceptors (Lipinski definition) is 6. The van der Waals surface area contributed by atoms with Gasteiger partial charge in [-0.15, -0.1) is 0 Å². The van der Waals surface area contributed by atoms with E-state index in [0.717, 1.165) is 0 Å². The quantitative estimate of drug-likeness (QED) is 0.684. The summed E-state index contributed by atoms with van der Waals surface area (Å²) in [7, 11) is -2.19. The van der Waals surface area contributed by atoms with E-state index in [1.54, 1.807) is 7.05 Å². The first-order valence-corrected chi connectivity index (χ1v) is 7.39. The number of aromatic nitrogens is 4. The Morgan fingerprint density at radius 3 is 2.95 bits per heavy atom. The maximum Gasteiger partial charge on any atom is 0.419 e. The molecule has 2 N–H and O–H groups in total. The van der Waals surface area contributed by atoms with Crippen LogP contribution in [0.2, 0.25) is 0 Å². The Hall–Kier alpha value is -2.46. The van der Waals surface area contributed by atoms with Gasteiger partial charge in [0.05, 0.1) is 17.0 Å². The van der Waals surface area contributed by atoms with Gasteiger partial charge in [-0.3, -0.25) is 9.67 Å². The fourth-order valence-electron chi connectivity index (χ4n) is 1.84. The summed E-state index contributed by atoms with van der Waals surface area (Å²) >= 11 is 0. The number of hydrogen-bond donors (Lipinski definition) is 2. The highest BCUT2D eigenvalue weighted by molar-refractivity contribution is 7.89. The average molecular weight is 309 g/mol. The van der Waals surface area contributed by atoms with Crippen molar-refractivity contribution in [2.45, 2.75) is 11.4 Å². The summed E-state index contributed by atoms with van der Waals surface area (Å²) in [6.45, 7) is -0.0148. The monoisotopic (exact) mass is 309 g/mol. The molecule has 0 aliphatic rings. The van der Waals surface area contributed by atoms with Crippen LogP contribution in [0.1, 0.15) is 5.82 Å². The predicted molar refractivity (Wildman–Crippen MR) is 71.9 cm³/mol. The maximum absolute atomic E-state index is 12.2. The fraction of sp³-hybridized carbons (Fsp3) is 0.182. The van der Waals surface area contributed by atoms with Crippen molar-refractivity contribution in [1.29, 1.82) is 0 Å². The molecule has 3 rings (SSSR count). The molecular formula is C11H11N5O4S. The summed E-state index contributed by atoms with van der Waals surface area (Å²) in [5.41, 5.74) is 0.735. The fourth-order valence-corrected chi connectivity index (χ4v) is 2.85. The first-order chi connectivity index (χ1) is 9.97. The molecule has 0 bridgehead atoms. The molecular weight excluding hydrogens is 298 g/mol. The summed E-state index contributed by atoms with van der Waals surface area (Å²) in [5.74, 6) is -0.153. The molecule has 1 aromatic carbocycles. The lowest BCUT2D eigenvalue weighted by atomic mass is 10.3. The lowest BCUT2D eigenvalue weighted by molar-refractivity contribution is 0.527. The van der Waals surface area contributed by atoms with Gasteiger partial charge in [0.15, 0.2) is 5.58 Å². The zero-order valence-electron chi connectivity index (χ0n) is 10.9. The zero-order valence-corrected chi connectivity index (χ0v) is 11.7. The Morgan fingerprint density at radius 2 is 2.24 bits per heavy atom. The van der Waals surface area contributed by atoms with Crippen LogP contribution in [0.25, 0.3) is 11.1 Å². The van der Waals surface area contributed by atoms with Gasteiger partial charge >= 0.3 is 5.76 Å². The third kappa shape index (κ3) is 2.45. The number of nitrogens with zero attached hydrogens (tertiary/aromatic N) is 3. The second-order valence-electron chi connectivity index (χ2n) is 4.31. The zero-order chi connectivity index (χ0) is 15.0. The van der Waals surface area contributed by atoms with Gasteiger partial charge in [-0.25, -0.2) is 22.9 Å². The van der Waals surface area contributed by atoms with Gasteiger partial charge in [0, 0.05) is 13.1 Å². The Labute approximate surface area is 118 Å². The second-order valence-corrected chi connectivity index (χ2v) is 6.08. The summed E-state index contributed by atoms with van der Waals surface area (Å²) < 4.78 is 33.0. The van der Waals surface area contributed by atoms with Crippen LogP contribution in [0.5, 0.6) is 0 Å². The number of benzene rings is 1. The van der Waals surface area contributed by atoms with Crippen LogP contribution in [-0.2, 0) is 23.6 Å². The summed E-state index contributed by atoms with van der Waals surface area (Å²) in [5, 5.41) is 6.18. The van der Waals surface area contributed by atoms with Crippen molar-refractivity contribution >= 4 is 21.1 Å². The van der Waals surface area contributed by atoms with Crippen LogP contribution in [0.3, 0.4) is 0 Å². The van der Waals surface area contributed by atoms with E-state index in [-0.39, 0.29) is 17.0 Å². The summed E-state index contributed by atoms with van der Waals surface area (Å²) in [6, 6.07) is 4.22. The molecule has 0 atom stereocenters. The first-order valence-electron chi connectivity index (χ1n) is 5.91. The topological polar surface area (TPSA) is 123 Å². The van der Waals surface area contributed by atoms with Crippen molar-refractivity contribution in [3.05, 3.63) is 40.9 Å². The average Bonchev–Trinajstić information content (AvgIpc) is 3.06. The van der Waals surface area contributed by atoms with Crippen LogP contribution in [0.4, 0.5) is 0 Å². The number of aromatic amines is 1. The Morgan fingerprint density at radius 1 is 1.43 bits per heavy atom. The molecule has 0 aliphatic heterocycles. The molecule has 0 fully saturated rings. The van der Waals surface area contributed by atoms with Crippen LogP contribution in [0.15, 0.2) is 38.6 Å². The molecule has 2 aromatic heterocycles. The second kappa shape index (κ2) is 4.82. The molecule has 0 radical (unpaired) electrons. The van der Waals surface area contributed by atoms with Crippen molar-refractivity contribution in [3.63, 3.8) is 0 Å². The largest absolute Gasteiger partial charge is 0.419 e. The molecule has 110 valence electrons. The number of H-pyrrole nitrogens is 1. The Kier molecular flexibility index (Phi) is 3.11. The first kappa shape index (κ1) is 13.5. The summed E-state index contributed by atoms with van der Waals surface area (Å²) in [4.78, 5) is 15.2. The van der Waals surface area contributed by atoms with E-state index in [4.69, 9.17) is 4.42 Å². The lowest BCUT2D eigenvalue weighted by Crippen LogP contribution is -2.23. The van der Waals surface area contributed by atoms with Crippen LogP contribution >= 0.6 is 0 Å². The molecule has 10 heteroatoms. The third-order valence-corrected chi connectivity index (χ3v) is 4.37. The van der Waals surface area contributed by atoms with Crippen molar-refractivity contribution in [3.8, 4) is 0 Å². The third-order valence-electron chi connectivity index (χ3n) is 2.97. The number of nitrogens with one attached hydrogen (secondary N) is 2. The van der Waals surface area contributed by atoms with Crippen LogP contribution in [0, 0.1) is 0 Å². The predicted octanol–water partition coefficient (Wildman–Crippen LogP) is -0.272. The molecule has 0 saturated heterocycles.